The molecule has 0 spiro atoms. The standard InChI is InChI=1S/C26H26N4OS/c1-6-18-14-15-20-23(27-18)26(4,7-2)22(30(20)19-12-10-9-11-13-19)17-16-21-24(31)29(8-3)25(32)28(21)5/h1,9-17H,7-8H2,2-5H3/b21-16-,22-17+. The quantitative estimate of drug-likeness (QED) is 0.389. The van der Waals surface area contributed by atoms with Crippen molar-refractivity contribution in [3.63, 3.8) is 0 Å². The second-order valence-electron chi connectivity index (χ2n) is 8.06. The van der Waals surface area contributed by atoms with Crippen LogP contribution in [0.3, 0.4) is 0 Å². The normalized spacial score (nSPS) is 22.8. The SMILES string of the molecule is C#Cc1ccc2c(n1)C(C)(CC)/C(=C\C=C1\C(=O)N(CC)C(=S)N1C)N2c1ccccc1. The first-order valence-corrected chi connectivity index (χ1v) is 11.1. The average molecular weight is 443 g/mol. The van der Waals surface area contributed by atoms with Gasteiger partial charge >= 0.3 is 0 Å². The van der Waals surface area contributed by atoms with Gasteiger partial charge in [-0.05, 0) is 68.9 Å². The molecule has 0 N–H and O–H groups in total. The molecule has 5 nitrogen and oxygen atoms in total. The maximum absolute atomic E-state index is 12.9. The molecule has 2 aliphatic heterocycles. The number of carbonyl (C=O) groups excluding carboxylic acids is 1. The number of nitrogens with zero attached hydrogens (tertiary/aromatic N) is 4. The van der Waals surface area contributed by atoms with E-state index in [1.165, 1.54) is 0 Å². The molecule has 0 saturated carbocycles. The zero-order chi connectivity index (χ0) is 23.0. The number of hydrogen-bond donors (Lipinski definition) is 0. The van der Waals surface area contributed by atoms with E-state index in [0.717, 1.165) is 29.2 Å². The third-order valence-electron chi connectivity index (χ3n) is 6.37. The number of rotatable bonds is 4. The Morgan fingerprint density at radius 1 is 1.16 bits per heavy atom. The van der Waals surface area contributed by atoms with Gasteiger partial charge in [-0.3, -0.25) is 9.69 Å². The summed E-state index contributed by atoms with van der Waals surface area (Å²) < 4.78 is 0. The zero-order valence-corrected chi connectivity index (χ0v) is 19.6. The smallest absolute Gasteiger partial charge is 0.276 e. The molecule has 1 aromatic carbocycles. The molecule has 1 saturated heterocycles. The molecule has 3 heterocycles. The predicted molar refractivity (Wildman–Crippen MR) is 132 cm³/mol. The van der Waals surface area contributed by atoms with Gasteiger partial charge in [0.15, 0.2) is 5.11 Å². The summed E-state index contributed by atoms with van der Waals surface area (Å²) in [5.74, 6) is 2.58. The lowest BCUT2D eigenvalue weighted by molar-refractivity contribution is -0.122. The Labute approximate surface area is 195 Å². The van der Waals surface area contributed by atoms with Crippen molar-refractivity contribution in [3.8, 4) is 12.3 Å². The van der Waals surface area contributed by atoms with Crippen molar-refractivity contribution < 1.29 is 4.79 Å². The molecule has 6 heteroatoms. The molecule has 162 valence electrons. The Morgan fingerprint density at radius 3 is 2.47 bits per heavy atom. The number of fused-ring (bicyclic) bond motifs is 1. The van der Waals surface area contributed by atoms with E-state index in [2.05, 4.69) is 36.8 Å². The molecule has 1 amide bonds. The third-order valence-corrected chi connectivity index (χ3v) is 6.87. The number of likely N-dealkylation sites (N-methyl/N-ethyl adjacent to an activating group) is 2. The van der Waals surface area contributed by atoms with Crippen LogP contribution in [0.15, 0.2) is 66.0 Å². The fourth-order valence-electron chi connectivity index (χ4n) is 4.35. The van der Waals surface area contributed by atoms with Crippen molar-refractivity contribution in [2.75, 3.05) is 18.5 Å². The molecular weight excluding hydrogens is 416 g/mol. The molecule has 1 unspecified atom stereocenters. The summed E-state index contributed by atoms with van der Waals surface area (Å²) in [6.45, 7) is 6.79. The van der Waals surface area contributed by atoms with Crippen molar-refractivity contribution in [2.24, 2.45) is 0 Å². The Hall–Kier alpha value is -3.43. The van der Waals surface area contributed by atoms with E-state index in [0.29, 0.717) is 23.0 Å². The van der Waals surface area contributed by atoms with Gasteiger partial charge in [0.05, 0.1) is 16.8 Å². The number of anilines is 2. The van der Waals surface area contributed by atoms with Gasteiger partial charge in [-0.2, -0.15) is 0 Å². The van der Waals surface area contributed by atoms with Crippen LogP contribution in [0.1, 0.15) is 38.6 Å². The number of benzene rings is 1. The largest absolute Gasteiger partial charge is 0.317 e. The summed E-state index contributed by atoms with van der Waals surface area (Å²) in [5, 5.41) is 0.523. The molecule has 32 heavy (non-hydrogen) atoms. The number of pyridine rings is 1. The van der Waals surface area contributed by atoms with Crippen LogP contribution in [0.4, 0.5) is 11.4 Å². The average Bonchev–Trinajstić information content (AvgIpc) is 3.19. The van der Waals surface area contributed by atoms with Gasteiger partial charge in [0, 0.05) is 25.0 Å². The lowest BCUT2D eigenvalue weighted by Gasteiger charge is -2.28. The fraction of sp³-hybridized carbons (Fsp3) is 0.269. The number of aromatic nitrogens is 1. The molecule has 4 rings (SSSR count). The van der Waals surface area contributed by atoms with Gasteiger partial charge in [0.2, 0.25) is 0 Å². The molecule has 0 bridgehead atoms. The van der Waals surface area contributed by atoms with E-state index in [9.17, 15) is 4.79 Å². The van der Waals surface area contributed by atoms with Gasteiger partial charge in [0.25, 0.3) is 5.91 Å². The van der Waals surface area contributed by atoms with Crippen molar-refractivity contribution in [1.29, 1.82) is 0 Å². The molecule has 2 aromatic rings. The Balaban J connectivity index is 1.92. The monoisotopic (exact) mass is 442 g/mol. The third kappa shape index (κ3) is 3.21. The molecule has 1 aromatic heterocycles. The van der Waals surface area contributed by atoms with Crippen LogP contribution in [0.2, 0.25) is 0 Å². The fourth-order valence-corrected chi connectivity index (χ4v) is 4.66. The first-order valence-electron chi connectivity index (χ1n) is 10.7. The summed E-state index contributed by atoms with van der Waals surface area (Å²) in [6, 6.07) is 14.1. The highest BCUT2D eigenvalue weighted by Crippen LogP contribution is 2.52. The summed E-state index contributed by atoms with van der Waals surface area (Å²) in [5.41, 5.74) is 4.82. The minimum Gasteiger partial charge on any atom is -0.317 e. The van der Waals surface area contributed by atoms with E-state index in [1.807, 2.05) is 56.5 Å². The van der Waals surface area contributed by atoms with Crippen molar-refractivity contribution in [2.45, 2.75) is 32.6 Å². The van der Waals surface area contributed by atoms with Crippen molar-refractivity contribution in [3.05, 3.63) is 77.4 Å². The molecule has 0 aliphatic carbocycles. The topological polar surface area (TPSA) is 39.7 Å². The van der Waals surface area contributed by atoms with Gasteiger partial charge in [-0.15, -0.1) is 6.42 Å². The molecule has 2 aliphatic rings. The first-order chi connectivity index (χ1) is 15.4. The van der Waals surface area contributed by atoms with Crippen LogP contribution in [-0.4, -0.2) is 39.4 Å². The van der Waals surface area contributed by atoms with Crippen LogP contribution in [0.5, 0.6) is 0 Å². The minimum atomic E-state index is -0.375. The van der Waals surface area contributed by atoms with Gasteiger partial charge in [-0.1, -0.05) is 31.0 Å². The van der Waals surface area contributed by atoms with Crippen molar-refractivity contribution >= 4 is 34.6 Å². The van der Waals surface area contributed by atoms with Crippen LogP contribution < -0.4 is 4.90 Å². The van der Waals surface area contributed by atoms with Gasteiger partial charge in [-0.25, -0.2) is 4.98 Å². The predicted octanol–water partition coefficient (Wildman–Crippen LogP) is 4.73. The first kappa shape index (κ1) is 21.8. The number of terminal acetylenes is 1. The summed E-state index contributed by atoms with van der Waals surface area (Å²) in [6.07, 6.45) is 10.4. The van der Waals surface area contributed by atoms with E-state index in [-0.39, 0.29) is 11.3 Å². The maximum atomic E-state index is 12.9. The number of para-hydroxylation sites is 1. The number of hydrogen-bond acceptors (Lipinski definition) is 4. The minimum absolute atomic E-state index is 0.0791. The summed E-state index contributed by atoms with van der Waals surface area (Å²) in [4.78, 5) is 23.3. The second kappa shape index (κ2) is 8.25. The van der Waals surface area contributed by atoms with Gasteiger partial charge < -0.3 is 9.80 Å². The number of allylic oxidation sites excluding steroid dienone is 3. The molecular formula is C26H26N4OS. The maximum Gasteiger partial charge on any atom is 0.276 e. The van der Waals surface area contributed by atoms with Crippen LogP contribution in [0.25, 0.3) is 0 Å². The van der Waals surface area contributed by atoms with Gasteiger partial charge in [0.1, 0.15) is 11.4 Å². The number of carbonyl (C=O) groups is 1. The van der Waals surface area contributed by atoms with E-state index in [4.69, 9.17) is 23.6 Å². The molecule has 1 fully saturated rings. The van der Waals surface area contributed by atoms with Crippen LogP contribution in [-0.2, 0) is 10.2 Å². The molecule has 0 radical (unpaired) electrons. The van der Waals surface area contributed by atoms with Crippen molar-refractivity contribution in [1.82, 2.24) is 14.8 Å². The number of thiocarbonyl (C=S) groups is 1. The Morgan fingerprint density at radius 2 is 1.88 bits per heavy atom. The summed E-state index contributed by atoms with van der Waals surface area (Å²) >= 11 is 5.45. The highest BCUT2D eigenvalue weighted by atomic mass is 32.1. The van der Waals surface area contributed by atoms with Crippen LogP contribution in [0, 0.1) is 12.3 Å². The number of amides is 1. The Bertz CT molecular complexity index is 1190. The Kier molecular flexibility index (Phi) is 5.62. The van der Waals surface area contributed by atoms with E-state index < -0.39 is 0 Å². The second-order valence-corrected chi connectivity index (χ2v) is 8.43. The zero-order valence-electron chi connectivity index (χ0n) is 18.8. The van der Waals surface area contributed by atoms with Crippen LogP contribution >= 0.6 is 12.2 Å². The lowest BCUT2D eigenvalue weighted by atomic mass is 9.82. The summed E-state index contributed by atoms with van der Waals surface area (Å²) in [7, 11) is 1.83. The lowest BCUT2D eigenvalue weighted by Crippen LogP contribution is -2.30. The highest BCUT2D eigenvalue weighted by Gasteiger charge is 2.44. The molecule has 1 atom stereocenters. The van der Waals surface area contributed by atoms with E-state index in [1.54, 1.807) is 9.80 Å². The van der Waals surface area contributed by atoms with E-state index >= 15 is 0 Å². The highest BCUT2D eigenvalue weighted by molar-refractivity contribution is 7.80.